The average molecular weight is 619 g/mol. The number of rotatable bonds is 19. The molecule has 0 radical (unpaired) electrons. The summed E-state index contributed by atoms with van der Waals surface area (Å²) in [5.41, 5.74) is 0. The lowest BCUT2D eigenvalue weighted by Crippen LogP contribution is -2.65. The molecule has 10 atom stereocenters. The van der Waals surface area contributed by atoms with Crippen LogP contribution in [0.3, 0.4) is 0 Å². The third-order valence-electron chi connectivity index (χ3n) is 7.44. The van der Waals surface area contributed by atoms with Crippen LogP contribution in [0.5, 0.6) is 0 Å². The normalized spacial score (nSPS) is 32.7. The molecule has 6 unspecified atom stereocenters. The average Bonchev–Trinajstić information content (AvgIpc) is 2.94. The van der Waals surface area contributed by atoms with Crippen LogP contribution < -0.4 is 0 Å². The van der Waals surface area contributed by atoms with Gasteiger partial charge in [0.25, 0.3) is 0 Å². The van der Waals surface area contributed by atoms with E-state index in [0.29, 0.717) is 19.8 Å². The Morgan fingerprint density at radius 3 is 1.67 bits per heavy atom. The molecule has 2 aliphatic rings. The number of carbonyl (C=O) groups excluding carboxylic acids is 3. The fraction of sp³-hybridized carbons (Fsp3) is 0.903. The summed E-state index contributed by atoms with van der Waals surface area (Å²) >= 11 is 0. The molecule has 0 saturated carbocycles. The Bertz CT molecular complexity index is 838. The summed E-state index contributed by atoms with van der Waals surface area (Å²) in [5.74, 6) is -1.40. The second kappa shape index (κ2) is 19.7. The maximum Gasteiger partial charge on any atom is 0.306 e. The lowest BCUT2D eigenvalue weighted by Gasteiger charge is -2.48. The van der Waals surface area contributed by atoms with Crippen LogP contribution in [0.25, 0.3) is 0 Å². The predicted molar refractivity (Wildman–Crippen MR) is 155 cm³/mol. The number of aliphatic hydroxyl groups is 1. The van der Waals surface area contributed by atoms with Gasteiger partial charge in [0.2, 0.25) is 0 Å². The van der Waals surface area contributed by atoms with E-state index in [-0.39, 0.29) is 18.6 Å². The fourth-order valence-electron chi connectivity index (χ4n) is 5.06. The molecule has 0 aromatic heterocycles. The van der Waals surface area contributed by atoms with E-state index >= 15 is 0 Å². The minimum Gasteiger partial charge on any atom is -0.454 e. The van der Waals surface area contributed by atoms with Gasteiger partial charge in [-0.2, -0.15) is 0 Å². The van der Waals surface area contributed by atoms with Gasteiger partial charge in [-0.25, -0.2) is 0 Å². The van der Waals surface area contributed by atoms with Crippen molar-refractivity contribution in [2.75, 3.05) is 19.8 Å². The van der Waals surface area contributed by atoms with Crippen LogP contribution in [0.1, 0.15) is 99.8 Å². The van der Waals surface area contributed by atoms with Crippen LogP contribution in [-0.4, -0.2) is 104 Å². The number of carbonyl (C=O) groups is 3. The van der Waals surface area contributed by atoms with Gasteiger partial charge >= 0.3 is 11.9 Å². The first-order valence-corrected chi connectivity index (χ1v) is 15.9. The molecule has 2 rings (SSSR count). The topological polar surface area (TPSA) is 145 Å². The lowest BCUT2D eigenvalue weighted by atomic mass is 9.96. The van der Waals surface area contributed by atoms with Crippen molar-refractivity contribution in [2.24, 2.45) is 0 Å². The largest absolute Gasteiger partial charge is 0.454 e. The third kappa shape index (κ3) is 12.0. The maximum atomic E-state index is 13.0. The van der Waals surface area contributed by atoms with Crippen LogP contribution in [0.4, 0.5) is 0 Å². The highest BCUT2D eigenvalue weighted by molar-refractivity contribution is 5.81. The number of esters is 2. The summed E-state index contributed by atoms with van der Waals surface area (Å²) in [6.07, 6.45) is -4.32. The van der Waals surface area contributed by atoms with E-state index in [4.69, 9.17) is 37.9 Å². The van der Waals surface area contributed by atoms with Gasteiger partial charge in [0.1, 0.15) is 30.2 Å². The third-order valence-corrected chi connectivity index (χ3v) is 7.44. The van der Waals surface area contributed by atoms with E-state index < -0.39 is 73.4 Å². The summed E-state index contributed by atoms with van der Waals surface area (Å²) < 4.78 is 48.6. The number of hydrogen-bond acceptors (Lipinski definition) is 12. The van der Waals surface area contributed by atoms with Gasteiger partial charge in [-0.1, -0.05) is 40.0 Å². The first-order valence-electron chi connectivity index (χ1n) is 15.9. The molecule has 1 N–H and O–H groups in total. The van der Waals surface area contributed by atoms with Crippen molar-refractivity contribution >= 4 is 17.7 Å². The number of aliphatic hydroxyl groups excluding tert-OH is 1. The quantitative estimate of drug-likeness (QED) is 0.167. The second-order valence-corrected chi connectivity index (χ2v) is 11.3. The molecular weight excluding hydrogens is 564 g/mol. The Morgan fingerprint density at radius 2 is 1.16 bits per heavy atom. The molecule has 0 amide bonds. The fourth-order valence-corrected chi connectivity index (χ4v) is 5.06. The molecule has 250 valence electrons. The van der Waals surface area contributed by atoms with Crippen LogP contribution in [0, 0.1) is 0 Å². The summed E-state index contributed by atoms with van der Waals surface area (Å²) in [7, 11) is 0. The van der Waals surface area contributed by atoms with Crippen molar-refractivity contribution in [1.82, 2.24) is 0 Å². The highest BCUT2D eigenvalue weighted by Gasteiger charge is 2.54. The molecule has 2 saturated heterocycles. The minimum atomic E-state index is -1.49. The maximum absolute atomic E-state index is 13.0. The Hall–Kier alpha value is -1.67. The molecule has 12 heteroatoms. The molecule has 0 bridgehead atoms. The highest BCUT2D eigenvalue weighted by atomic mass is 16.7. The van der Waals surface area contributed by atoms with Crippen molar-refractivity contribution in [2.45, 2.75) is 161 Å². The number of unbranched alkanes of at least 4 members (excludes halogenated alkanes) is 3. The Balaban J connectivity index is 2.48. The van der Waals surface area contributed by atoms with E-state index in [0.717, 1.165) is 38.5 Å². The molecule has 0 spiro atoms. The van der Waals surface area contributed by atoms with E-state index in [1.165, 1.54) is 13.8 Å². The summed E-state index contributed by atoms with van der Waals surface area (Å²) in [5, 5.41) is 10.8. The Kier molecular flexibility index (Phi) is 17.2. The number of ether oxygens (including phenoxy) is 8. The van der Waals surface area contributed by atoms with E-state index in [1.807, 2.05) is 20.8 Å². The Morgan fingerprint density at radius 1 is 0.651 bits per heavy atom. The zero-order chi connectivity index (χ0) is 31.9. The smallest absolute Gasteiger partial charge is 0.306 e. The number of ketones is 1. The van der Waals surface area contributed by atoms with Gasteiger partial charge in [-0.05, 0) is 40.0 Å². The van der Waals surface area contributed by atoms with Gasteiger partial charge in [0.05, 0.1) is 18.6 Å². The second-order valence-electron chi connectivity index (χ2n) is 11.3. The standard InChI is InChI=1S/C31H54O12/c1-8-11-16-36-24-21(6)40-31(29(26(24)38-18-13-10-3)42-23(34)15-14-19(4)32)43-27-25(37-17-12-9-2)20(5)39-30(35)28(27)41-22(7)33/h20-21,24-31,35H,8-18H2,1-7H3/t20?,21?,24-,25-,26?,27?,28?,29?,30+,31-/m0/s1. The van der Waals surface area contributed by atoms with Crippen LogP contribution >= 0.6 is 0 Å². The van der Waals surface area contributed by atoms with E-state index in [1.54, 1.807) is 6.92 Å². The molecular formula is C31H54O12. The highest BCUT2D eigenvalue weighted by Crippen LogP contribution is 2.34. The molecule has 12 nitrogen and oxygen atoms in total. The van der Waals surface area contributed by atoms with E-state index in [9.17, 15) is 19.5 Å². The van der Waals surface area contributed by atoms with Gasteiger partial charge in [-0.3, -0.25) is 9.59 Å². The van der Waals surface area contributed by atoms with Gasteiger partial charge < -0.3 is 47.8 Å². The molecule has 2 heterocycles. The molecule has 0 aromatic carbocycles. The van der Waals surface area contributed by atoms with Gasteiger partial charge in [-0.15, -0.1) is 0 Å². The van der Waals surface area contributed by atoms with Crippen molar-refractivity contribution in [3.63, 3.8) is 0 Å². The van der Waals surface area contributed by atoms with Crippen molar-refractivity contribution in [3.05, 3.63) is 0 Å². The van der Waals surface area contributed by atoms with Crippen molar-refractivity contribution < 1.29 is 57.4 Å². The Labute approximate surface area is 256 Å². The summed E-state index contributed by atoms with van der Waals surface area (Å²) in [6, 6.07) is 0. The van der Waals surface area contributed by atoms with E-state index in [2.05, 4.69) is 6.92 Å². The zero-order valence-electron chi connectivity index (χ0n) is 27.0. The minimum absolute atomic E-state index is 0.0255. The molecule has 0 aliphatic carbocycles. The predicted octanol–water partition coefficient (Wildman–Crippen LogP) is 3.62. The first-order chi connectivity index (χ1) is 20.5. The van der Waals surface area contributed by atoms with Gasteiger partial charge in [0, 0.05) is 33.2 Å². The lowest BCUT2D eigenvalue weighted by molar-refractivity contribution is -0.359. The van der Waals surface area contributed by atoms with Crippen molar-refractivity contribution in [3.8, 4) is 0 Å². The summed E-state index contributed by atoms with van der Waals surface area (Å²) in [4.78, 5) is 36.6. The number of Topliss-reactive ketones (excluding diaryl/α,β-unsaturated/α-hetero) is 1. The van der Waals surface area contributed by atoms with Gasteiger partial charge in [0.15, 0.2) is 24.8 Å². The molecule has 43 heavy (non-hydrogen) atoms. The molecule has 0 aromatic rings. The molecule has 2 fully saturated rings. The van der Waals surface area contributed by atoms with Crippen LogP contribution in [0.2, 0.25) is 0 Å². The van der Waals surface area contributed by atoms with Crippen LogP contribution in [0.15, 0.2) is 0 Å². The van der Waals surface area contributed by atoms with Crippen molar-refractivity contribution in [1.29, 1.82) is 0 Å². The summed E-state index contributed by atoms with van der Waals surface area (Å²) in [6.45, 7) is 13.6. The number of hydrogen-bond donors (Lipinski definition) is 1. The molecule has 2 aliphatic heterocycles. The SMILES string of the molecule is CCCCOC1C(OC(=O)CCC(C)=O)[C@H](OC2C(OC(C)=O)[C@H](O)OC(C)[C@@H]2OCCCC)OC(C)[C@@H]1OCCCC. The monoisotopic (exact) mass is 618 g/mol. The first kappa shape index (κ1) is 37.5. The van der Waals surface area contributed by atoms with Crippen LogP contribution in [-0.2, 0) is 52.3 Å². The zero-order valence-corrected chi connectivity index (χ0v) is 27.0.